The zero-order valence-electron chi connectivity index (χ0n) is 30.0. The summed E-state index contributed by atoms with van der Waals surface area (Å²) in [4.78, 5) is 5.20. The average molecular weight is 687 g/mol. The lowest BCUT2D eigenvalue weighted by molar-refractivity contribution is -0.176. The molecule has 0 spiro atoms. The van der Waals surface area contributed by atoms with Crippen molar-refractivity contribution in [1.29, 1.82) is 0 Å². The molecule has 0 radical (unpaired) electrons. The molecule has 1 saturated heterocycles. The topological polar surface area (TPSA) is 24.9 Å². The van der Waals surface area contributed by atoms with Gasteiger partial charge in [-0.15, -0.1) is 0 Å². The minimum absolute atomic E-state index is 0.0852. The largest absolute Gasteiger partial charge is 0.371 e. The van der Waals surface area contributed by atoms with Crippen LogP contribution in [0, 0.1) is 0 Å². The summed E-state index contributed by atoms with van der Waals surface area (Å²) in [6.07, 6.45) is 1.58. The molecule has 1 aliphatic rings. The van der Waals surface area contributed by atoms with Gasteiger partial charge in [0.2, 0.25) is 0 Å². The van der Waals surface area contributed by atoms with Gasteiger partial charge >= 0.3 is 0 Å². The summed E-state index contributed by atoms with van der Waals surface area (Å²) in [6, 6.07) is 65.2. The van der Waals surface area contributed by atoms with Crippen molar-refractivity contribution in [3.05, 3.63) is 215 Å². The first-order valence-electron chi connectivity index (χ1n) is 18.7. The highest BCUT2D eigenvalue weighted by Gasteiger charge is 2.38. The molecule has 0 saturated carbocycles. The molecular weight excluding hydrogens is 637 g/mol. The standard InChI is InChI=1S/C48H50N2O2/c1-7-19-39(20-8-1)31-45(49(33-41-23-11-3-12-24-41)34-42-25-13-4-14-26-42)47-37-52-48(38-51-47)46(32-40-21-9-2-10-22-40)50(35-43-27-15-5-16-28-43)36-44-29-17-6-18-30-44/h1-30,45-48H,31-38H2/t45-,46-,47-,48-/m0/s1. The van der Waals surface area contributed by atoms with Crippen molar-refractivity contribution in [3.63, 3.8) is 0 Å². The lowest BCUT2D eigenvalue weighted by atomic mass is 9.95. The Balaban J connectivity index is 1.17. The fourth-order valence-corrected chi connectivity index (χ4v) is 7.53. The van der Waals surface area contributed by atoms with Crippen molar-refractivity contribution >= 4 is 0 Å². The summed E-state index contributed by atoms with van der Waals surface area (Å²) >= 11 is 0. The monoisotopic (exact) mass is 686 g/mol. The van der Waals surface area contributed by atoms with Crippen LogP contribution in [0.25, 0.3) is 0 Å². The number of hydrogen-bond acceptors (Lipinski definition) is 4. The van der Waals surface area contributed by atoms with Crippen LogP contribution in [0.4, 0.5) is 0 Å². The Kier molecular flexibility index (Phi) is 12.7. The van der Waals surface area contributed by atoms with E-state index in [4.69, 9.17) is 9.47 Å². The molecule has 6 aromatic rings. The Labute approximate surface area is 310 Å². The first-order valence-corrected chi connectivity index (χ1v) is 18.7. The van der Waals surface area contributed by atoms with Gasteiger partial charge < -0.3 is 9.47 Å². The second-order valence-electron chi connectivity index (χ2n) is 14.0. The van der Waals surface area contributed by atoms with Gasteiger partial charge in [0, 0.05) is 38.3 Å². The van der Waals surface area contributed by atoms with Crippen LogP contribution < -0.4 is 0 Å². The van der Waals surface area contributed by atoms with Gasteiger partial charge in [-0.05, 0) is 46.2 Å². The van der Waals surface area contributed by atoms with Gasteiger partial charge in [0.05, 0.1) is 25.4 Å². The molecule has 6 aromatic carbocycles. The fraction of sp³-hybridized carbons (Fsp3) is 0.250. The lowest BCUT2D eigenvalue weighted by Crippen LogP contribution is -2.55. The van der Waals surface area contributed by atoms with Gasteiger partial charge in [0.1, 0.15) is 0 Å². The SMILES string of the molecule is c1ccc(C[C@@H]([C@@H]2CO[C@H]([C@H](Cc3ccccc3)N(Cc3ccccc3)Cc3ccccc3)CO2)N(Cc2ccccc2)Cc2ccccc2)cc1. The highest BCUT2D eigenvalue weighted by Crippen LogP contribution is 2.28. The number of nitrogens with zero attached hydrogens (tertiary/aromatic N) is 2. The Morgan fingerprint density at radius 2 is 0.577 bits per heavy atom. The summed E-state index contributed by atoms with van der Waals surface area (Å²) < 4.78 is 14.1. The minimum Gasteiger partial charge on any atom is -0.371 e. The Hall–Kier alpha value is -4.84. The van der Waals surface area contributed by atoms with E-state index in [1.54, 1.807) is 0 Å². The average Bonchev–Trinajstić information content (AvgIpc) is 3.21. The zero-order chi connectivity index (χ0) is 35.2. The van der Waals surface area contributed by atoms with Gasteiger partial charge in [-0.2, -0.15) is 0 Å². The van der Waals surface area contributed by atoms with Crippen LogP contribution in [0.3, 0.4) is 0 Å². The molecule has 264 valence electrons. The van der Waals surface area contributed by atoms with Crippen molar-refractivity contribution in [1.82, 2.24) is 9.80 Å². The van der Waals surface area contributed by atoms with Crippen molar-refractivity contribution < 1.29 is 9.47 Å². The highest BCUT2D eigenvalue weighted by atomic mass is 16.6. The number of benzene rings is 6. The predicted molar refractivity (Wildman–Crippen MR) is 212 cm³/mol. The first kappa shape index (κ1) is 35.6. The maximum absolute atomic E-state index is 7.06. The summed E-state index contributed by atoms with van der Waals surface area (Å²) in [5.41, 5.74) is 7.81. The van der Waals surface area contributed by atoms with E-state index in [1.165, 1.54) is 33.4 Å². The molecule has 1 fully saturated rings. The summed E-state index contributed by atoms with van der Waals surface area (Å²) in [5, 5.41) is 0. The molecule has 0 aromatic heterocycles. The molecule has 4 heteroatoms. The molecule has 1 aliphatic heterocycles. The molecular formula is C48H50N2O2. The summed E-state index contributed by atoms with van der Waals surface area (Å²) in [7, 11) is 0. The Morgan fingerprint density at radius 1 is 0.346 bits per heavy atom. The fourth-order valence-electron chi connectivity index (χ4n) is 7.53. The lowest BCUT2D eigenvalue weighted by Gasteiger charge is -2.44. The summed E-state index contributed by atoms with van der Waals surface area (Å²) in [6.45, 7) is 4.39. The van der Waals surface area contributed by atoms with Gasteiger partial charge in [-0.25, -0.2) is 0 Å². The quantitative estimate of drug-likeness (QED) is 0.101. The molecule has 52 heavy (non-hydrogen) atoms. The third kappa shape index (κ3) is 10.1. The van der Waals surface area contributed by atoms with Crippen molar-refractivity contribution in [3.8, 4) is 0 Å². The second kappa shape index (κ2) is 18.6. The van der Waals surface area contributed by atoms with E-state index in [0.717, 1.165) is 39.0 Å². The van der Waals surface area contributed by atoms with Crippen molar-refractivity contribution in [2.24, 2.45) is 0 Å². The van der Waals surface area contributed by atoms with Gasteiger partial charge in [-0.3, -0.25) is 9.80 Å². The highest BCUT2D eigenvalue weighted by molar-refractivity contribution is 5.22. The van der Waals surface area contributed by atoms with Gasteiger partial charge in [-0.1, -0.05) is 182 Å². The maximum Gasteiger partial charge on any atom is 0.0968 e. The molecule has 0 amide bonds. The van der Waals surface area contributed by atoms with Crippen LogP contribution in [-0.2, 0) is 48.5 Å². The molecule has 1 heterocycles. The Morgan fingerprint density at radius 3 is 0.808 bits per heavy atom. The van der Waals surface area contributed by atoms with E-state index in [9.17, 15) is 0 Å². The first-order chi connectivity index (χ1) is 25.8. The molecule has 0 N–H and O–H groups in total. The van der Waals surface area contributed by atoms with Crippen LogP contribution in [0.1, 0.15) is 33.4 Å². The number of rotatable bonds is 16. The van der Waals surface area contributed by atoms with Crippen molar-refractivity contribution in [2.75, 3.05) is 13.2 Å². The molecule has 4 nitrogen and oxygen atoms in total. The van der Waals surface area contributed by atoms with Crippen LogP contribution in [0.15, 0.2) is 182 Å². The smallest absolute Gasteiger partial charge is 0.0968 e. The molecule has 0 bridgehead atoms. The third-order valence-electron chi connectivity index (χ3n) is 10.2. The zero-order valence-corrected chi connectivity index (χ0v) is 30.0. The molecule has 7 rings (SSSR count). The van der Waals surface area contributed by atoms with Crippen LogP contribution in [0.5, 0.6) is 0 Å². The van der Waals surface area contributed by atoms with E-state index in [2.05, 4.69) is 192 Å². The normalized spacial score (nSPS) is 17.2. The van der Waals surface area contributed by atoms with E-state index in [-0.39, 0.29) is 24.3 Å². The minimum atomic E-state index is -0.0852. The van der Waals surface area contributed by atoms with E-state index >= 15 is 0 Å². The van der Waals surface area contributed by atoms with Crippen LogP contribution in [0.2, 0.25) is 0 Å². The molecule has 0 aliphatic carbocycles. The van der Waals surface area contributed by atoms with Gasteiger partial charge in [0.15, 0.2) is 0 Å². The molecule has 0 unspecified atom stereocenters. The molecule has 4 atom stereocenters. The maximum atomic E-state index is 7.06. The third-order valence-corrected chi connectivity index (χ3v) is 10.2. The van der Waals surface area contributed by atoms with Crippen LogP contribution >= 0.6 is 0 Å². The van der Waals surface area contributed by atoms with E-state index < -0.39 is 0 Å². The van der Waals surface area contributed by atoms with E-state index in [0.29, 0.717) is 13.2 Å². The van der Waals surface area contributed by atoms with Gasteiger partial charge in [0.25, 0.3) is 0 Å². The second-order valence-corrected chi connectivity index (χ2v) is 14.0. The van der Waals surface area contributed by atoms with Crippen molar-refractivity contribution in [2.45, 2.75) is 63.3 Å². The Bertz CT molecular complexity index is 1630. The van der Waals surface area contributed by atoms with E-state index in [1.807, 2.05) is 0 Å². The number of ether oxygens (including phenoxy) is 2. The predicted octanol–water partition coefficient (Wildman–Crippen LogP) is 9.40. The summed E-state index contributed by atoms with van der Waals surface area (Å²) in [5.74, 6) is 0. The van der Waals surface area contributed by atoms with Crippen LogP contribution in [-0.4, -0.2) is 47.3 Å². The number of hydrogen-bond donors (Lipinski definition) is 0.